The van der Waals surface area contributed by atoms with Crippen LogP contribution >= 0.6 is 0 Å². The van der Waals surface area contributed by atoms with E-state index >= 15 is 0 Å². The Hall–Kier alpha value is -2.11. The van der Waals surface area contributed by atoms with Crippen LogP contribution in [0.4, 0.5) is 14.9 Å². The van der Waals surface area contributed by atoms with Crippen LogP contribution in [0, 0.1) is 12.7 Å². The minimum Gasteiger partial charge on any atom is -0.374 e. The summed E-state index contributed by atoms with van der Waals surface area (Å²) in [6.45, 7) is 3.34. The zero-order valence-corrected chi connectivity index (χ0v) is 10.5. The predicted molar refractivity (Wildman–Crippen MR) is 66.8 cm³/mol. The van der Waals surface area contributed by atoms with Gasteiger partial charge < -0.3 is 10.6 Å². The topological polar surface area (TPSA) is 70.2 Å². The number of amides is 3. The van der Waals surface area contributed by atoms with Gasteiger partial charge in [0, 0.05) is 12.7 Å². The first-order valence-electron chi connectivity index (χ1n) is 5.48. The molecule has 5 nitrogen and oxygen atoms in total. The van der Waals surface area contributed by atoms with Crippen molar-refractivity contribution in [2.45, 2.75) is 19.9 Å². The third-order valence-corrected chi connectivity index (χ3v) is 2.28. The monoisotopic (exact) mass is 253 g/mol. The number of hydrogen-bond acceptors (Lipinski definition) is 3. The van der Waals surface area contributed by atoms with E-state index in [1.165, 1.54) is 19.2 Å². The van der Waals surface area contributed by atoms with E-state index in [0.29, 0.717) is 5.69 Å². The SMILES string of the molecule is CNC(=O)NC(=O)C(C)Nc1cc(C)cc(F)c1. The summed E-state index contributed by atoms with van der Waals surface area (Å²) in [7, 11) is 1.41. The van der Waals surface area contributed by atoms with Crippen LogP contribution in [0.2, 0.25) is 0 Å². The fourth-order valence-electron chi connectivity index (χ4n) is 1.42. The van der Waals surface area contributed by atoms with Crippen molar-refractivity contribution in [2.75, 3.05) is 12.4 Å². The Balaban J connectivity index is 2.66. The molecule has 3 N–H and O–H groups in total. The largest absolute Gasteiger partial charge is 0.374 e. The number of urea groups is 1. The Bertz CT molecular complexity index is 442. The van der Waals surface area contributed by atoms with Gasteiger partial charge in [-0.05, 0) is 37.6 Å². The van der Waals surface area contributed by atoms with Crippen LogP contribution in [0.5, 0.6) is 0 Å². The molecule has 1 atom stereocenters. The standard InChI is InChI=1S/C12H16FN3O2/c1-7-4-9(13)6-10(5-7)15-8(2)11(17)16-12(18)14-3/h4-6,8,15H,1-3H3,(H2,14,16,17,18). The lowest BCUT2D eigenvalue weighted by Crippen LogP contribution is -2.44. The van der Waals surface area contributed by atoms with E-state index in [0.717, 1.165) is 5.56 Å². The second-order valence-electron chi connectivity index (χ2n) is 3.95. The Kier molecular flexibility index (Phi) is 4.65. The summed E-state index contributed by atoms with van der Waals surface area (Å²) >= 11 is 0. The van der Waals surface area contributed by atoms with Gasteiger partial charge in [-0.25, -0.2) is 9.18 Å². The lowest BCUT2D eigenvalue weighted by atomic mass is 10.2. The summed E-state index contributed by atoms with van der Waals surface area (Å²) < 4.78 is 13.1. The maximum Gasteiger partial charge on any atom is 0.321 e. The van der Waals surface area contributed by atoms with Gasteiger partial charge in [0.1, 0.15) is 11.9 Å². The fraction of sp³-hybridized carbons (Fsp3) is 0.333. The number of rotatable bonds is 3. The molecule has 6 heteroatoms. The number of aryl methyl sites for hydroxylation is 1. The van der Waals surface area contributed by atoms with Crippen LogP contribution in [0.15, 0.2) is 18.2 Å². The molecule has 0 saturated carbocycles. The highest BCUT2D eigenvalue weighted by atomic mass is 19.1. The molecule has 1 unspecified atom stereocenters. The molecule has 0 spiro atoms. The summed E-state index contributed by atoms with van der Waals surface area (Å²) in [5, 5.41) is 7.23. The van der Waals surface area contributed by atoms with Crippen LogP contribution in [0.25, 0.3) is 0 Å². The van der Waals surface area contributed by atoms with E-state index in [1.807, 2.05) is 0 Å². The minimum atomic E-state index is -0.650. The first-order chi connectivity index (χ1) is 8.42. The van der Waals surface area contributed by atoms with Gasteiger partial charge in [-0.2, -0.15) is 0 Å². The highest BCUT2D eigenvalue weighted by molar-refractivity contribution is 5.97. The van der Waals surface area contributed by atoms with Gasteiger partial charge in [0.2, 0.25) is 5.91 Å². The number of imide groups is 1. The summed E-state index contributed by atoms with van der Waals surface area (Å²) in [5.74, 6) is -0.868. The zero-order chi connectivity index (χ0) is 13.7. The van der Waals surface area contributed by atoms with Gasteiger partial charge in [0.25, 0.3) is 0 Å². The van der Waals surface area contributed by atoms with Crippen LogP contribution in [0.3, 0.4) is 0 Å². The lowest BCUT2D eigenvalue weighted by Gasteiger charge is -2.15. The number of hydrogen-bond donors (Lipinski definition) is 3. The molecule has 0 aliphatic carbocycles. The van der Waals surface area contributed by atoms with Crippen LogP contribution in [-0.4, -0.2) is 25.0 Å². The summed E-state index contributed by atoms with van der Waals surface area (Å²) in [6, 6.07) is 3.16. The minimum absolute atomic E-state index is 0.378. The third kappa shape index (κ3) is 4.04. The molecule has 0 aliphatic rings. The second-order valence-corrected chi connectivity index (χ2v) is 3.95. The summed E-state index contributed by atoms with van der Waals surface area (Å²) in [4.78, 5) is 22.5. The van der Waals surface area contributed by atoms with Crippen molar-refractivity contribution in [3.05, 3.63) is 29.6 Å². The molecule has 0 aliphatic heterocycles. The van der Waals surface area contributed by atoms with Crippen molar-refractivity contribution in [3.63, 3.8) is 0 Å². The third-order valence-electron chi connectivity index (χ3n) is 2.28. The van der Waals surface area contributed by atoms with Gasteiger partial charge in [0.15, 0.2) is 0 Å². The summed E-state index contributed by atoms with van der Waals surface area (Å²) in [5.41, 5.74) is 1.24. The van der Waals surface area contributed by atoms with E-state index in [1.54, 1.807) is 19.9 Å². The Morgan fingerprint density at radius 2 is 1.94 bits per heavy atom. The molecule has 0 bridgehead atoms. The van der Waals surface area contributed by atoms with Crippen LogP contribution in [0.1, 0.15) is 12.5 Å². The molecule has 3 amide bonds. The lowest BCUT2D eigenvalue weighted by molar-refractivity contribution is -0.120. The van der Waals surface area contributed by atoms with Crippen molar-refractivity contribution in [1.29, 1.82) is 0 Å². The molecule has 0 saturated heterocycles. The maximum atomic E-state index is 13.1. The zero-order valence-electron chi connectivity index (χ0n) is 10.5. The van der Waals surface area contributed by atoms with Crippen LogP contribution in [-0.2, 0) is 4.79 Å². The van der Waals surface area contributed by atoms with E-state index in [-0.39, 0.29) is 5.82 Å². The van der Waals surface area contributed by atoms with Crippen molar-refractivity contribution in [2.24, 2.45) is 0 Å². The molecule has 98 valence electrons. The van der Waals surface area contributed by atoms with E-state index in [2.05, 4.69) is 16.0 Å². The number of nitrogens with one attached hydrogen (secondary N) is 3. The average molecular weight is 253 g/mol. The second kappa shape index (κ2) is 6.00. The van der Waals surface area contributed by atoms with Gasteiger partial charge in [-0.3, -0.25) is 10.1 Å². The predicted octanol–water partition coefficient (Wildman–Crippen LogP) is 1.39. The molecule has 0 fully saturated rings. The molecule has 0 radical (unpaired) electrons. The van der Waals surface area contributed by atoms with E-state index < -0.39 is 18.0 Å². The molecule has 1 rings (SSSR count). The van der Waals surface area contributed by atoms with E-state index in [4.69, 9.17) is 0 Å². The Labute approximate surface area is 105 Å². The number of carbonyl (C=O) groups is 2. The molecule has 1 aromatic carbocycles. The number of benzene rings is 1. The van der Waals surface area contributed by atoms with Crippen molar-refractivity contribution in [1.82, 2.24) is 10.6 Å². The molecular formula is C12H16FN3O2. The molecule has 0 aromatic heterocycles. The van der Waals surface area contributed by atoms with Crippen LogP contribution < -0.4 is 16.0 Å². The average Bonchev–Trinajstić information content (AvgIpc) is 2.27. The van der Waals surface area contributed by atoms with E-state index in [9.17, 15) is 14.0 Å². The van der Waals surface area contributed by atoms with Gasteiger partial charge in [-0.1, -0.05) is 0 Å². The molecule has 0 heterocycles. The maximum absolute atomic E-state index is 13.1. The Morgan fingerprint density at radius 3 is 2.50 bits per heavy atom. The van der Waals surface area contributed by atoms with Crippen molar-refractivity contribution < 1.29 is 14.0 Å². The molecule has 1 aromatic rings. The summed E-state index contributed by atoms with van der Waals surface area (Å²) in [6.07, 6.45) is 0. The Morgan fingerprint density at radius 1 is 1.28 bits per heavy atom. The quantitative estimate of drug-likeness (QED) is 0.762. The first-order valence-corrected chi connectivity index (χ1v) is 5.48. The number of anilines is 1. The first kappa shape index (κ1) is 14.0. The van der Waals surface area contributed by atoms with Gasteiger partial charge >= 0.3 is 6.03 Å². The highest BCUT2D eigenvalue weighted by Crippen LogP contribution is 2.14. The molecule has 18 heavy (non-hydrogen) atoms. The number of halogens is 1. The normalized spacial score (nSPS) is 11.6. The van der Waals surface area contributed by atoms with Gasteiger partial charge in [-0.15, -0.1) is 0 Å². The number of carbonyl (C=O) groups excluding carboxylic acids is 2. The smallest absolute Gasteiger partial charge is 0.321 e. The molecular weight excluding hydrogens is 237 g/mol. The highest BCUT2D eigenvalue weighted by Gasteiger charge is 2.15. The van der Waals surface area contributed by atoms with Crippen molar-refractivity contribution >= 4 is 17.6 Å². The fourth-order valence-corrected chi connectivity index (χ4v) is 1.42. The van der Waals surface area contributed by atoms with Gasteiger partial charge in [0.05, 0.1) is 0 Å². The van der Waals surface area contributed by atoms with Crippen molar-refractivity contribution in [3.8, 4) is 0 Å².